The first-order valence-corrected chi connectivity index (χ1v) is 7.07. The third-order valence-corrected chi connectivity index (χ3v) is 3.47. The van der Waals surface area contributed by atoms with Crippen LogP contribution in [0.1, 0.15) is 20.7 Å². The summed E-state index contributed by atoms with van der Waals surface area (Å²) in [4.78, 5) is 44.8. The second-order valence-corrected chi connectivity index (χ2v) is 4.87. The molecule has 0 aliphatic carbocycles. The van der Waals surface area contributed by atoms with E-state index >= 15 is 0 Å². The Hall–Kier alpha value is -3.96. The Kier molecular flexibility index (Phi) is 5.39. The fraction of sp³-hybridized carbons (Fsp3) is 0.200. The quantitative estimate of drug-likeness (QED) is 0.413. The van der Waals surface area contributed by atoms with E-state index in [0.717, 1.165) is 20.3 Å². The first-order chi connectivity index (χ1) is 12.8. The summed E-state index contributed by atoms with van der Waals surface area (Å²) >= 11 is 0. The second-order valence-electron chi connectivity index (χ2n) is 4.87. The molecule has 0 saturated heterocycles. The van der Waals surface area contributed by atoms with Gasteiger partial charge in [-0.1, -0.05) is 0 Å². The minimum atomic E-state index is -1.21. The number of benzene rings is 1. The van der Waals surface area contributed by atoms with Crippen molar-refractivity contribution in [3.63, 3.8) is 0 Å². The number of nitro benzene ring substituents is 1. The molecule has 1 aromatic heterocycles. The number of hydrogen-bond acceptors (Lipinski definition) is 10. The molecule has 0 aliphatic heterocycles. The van der Waals surface area contributed by atoms with Crippen LogP contribution in [0.4, 0.5) is 11.6 Å². The molecule has 2 rings (SSSR count). The zero-order valence-corrected chi connectivity index (χ0v) is 14.2. The topological polar surface area (TPSA) is 161 Å². The molecule has 0 unspecified atom stereocenters. The Labute approximate surface area is 150 Å². The number of nitro groups is 2. The number of ether oxygens (including phenoxy) is 3. The third-order valence-electron chi connectivity index (χ3n) is 3.47. The van der Waals surface area contributed by atoms with Crippen molar-refractivity contribution < 1.29 is 38.1 Å². The van der Waals surface area contributed by atoms with E-state index in [1.165, 1.54) is 19.2 Å². The average Bonchev–Trinajstić information content (AvgIpc) is 3.06. The second kappa shape index (κ2) is 7.51. The molecule has 1 heterocycles. The van der Waals surface area contributed by atoms with Gasteiger partial charge in [-0.15, -0.1) is 0 Å². The number of hydrogen-bond donors (Lipinski definition) is 0. The number of nitrogens with zero attached hydrogens (tertiary/aromatic N) is 2. The highest BCUT2D eigenvalue weighted by molar-refractivity contribution is 6.09. The zero-order chi connectivity index (χ0) is 20.3. The number of carbonyl (C=O) groups is 2. The summed E-state index contributed by atoms with van der Waals surface area (Å²) in [5.74, 6) is -3.94. The molecule has 0 saturated carbocycles. The number of carbonyl (C=O) groups excluding carboxylic acids is 2. The van der Waals surface area contributed by atoms with Crippen molar-refractivity contribution >= 4 is 23.5 Å². The van der Waals surface area contributed by atoms with Crippen LogP contribution in [0.15, 0.2) is 22.6 Å². The lowest BCUT2D eigenvalue weighted by molar-refractivity contribution is -0.402. The Balaban J connectivity index is 2.86. The molecular weight excluding hydrogens is 368 g/mol. The van der Waals surface area contributed by atoms with E-state index in [1.807, 2.05) is 0 Å². The summed E-state index contributed by atoms with van der Waals surface area (Å²) in [6, 6.07) is 3.46. The lowest BCUT2D eigenvalue weighted by atomic mass is 10.0. The van der Waals surface area contributed by atoms with Crippen molar-refractivity contribution in [2.45, 2.75) is 0 Å². The van der Waals surface area contributed by atoms with Crippen LogP contribution in [-0.2, 0) is 9.47 Å². The number of esters is 2. The highest BCUT2D eigenvalue weighted by Crippen LogP contribution is 2.40. The molecule has 0 aliphatic rings. The fourth-order valence-electron chi connectivity index (χ4n) is 2.31. The summed E-state index contributed by atoms with van der Waals surface area (Å²) in [6.07, 6.45) is 0. The van der Waals surface area contributed by atoms with Crippen LogP contribution in [-0.4, -0.2) is 43.1 Å². The first-order valence-electron chi connectivity index (χ1n) is 7.07. The summed E-state index contributed by atoms with van der Waals surface area (Å²) in [6.45, 7) is 0. The normalized spacial score (nSPS) is 10.2. The maximum Gasteiger partial charge on any atom is 0.449 e. The fourth-order valence-corrected chi connectivity index (χ4v) is 2.31. The van der Waals surface area contributed by atoms with E-state index in [9.17, 15) is 29.8 Å². The molecule has 2 aromatic rings. The van der Waals surface area contributed by atoms with Crippen LogP contribution in [0.3, 0.4) is 0 Å². The van der Waals surface area contributed by atoms with E-state index in [0.29, 0.717) is 0 Å². The van der Waals surface area contributed by atoms with Crippen molar-refractivity contribution in [3.8, 4) is 17.1 Å². The number of furan rings is 1. The van der Waals surface area contributed by atoms with E-state index in [2.05, 4.69) is 9.47 Å². The molecule has 0 amide bonds. The average molecular weight is 380 g/mol. The van der Waals surface area contributed by atoms with E-state index < -0.39 is 50.2 Å². The summed E-state index contributed by atoms with van der Waals surface area (Å²) in [5, 5.41) is 22.4. The van der Waals surface area contributed by atoms with Gasteiger partial charge in [-0.05, 0) is 12.1 Å². The predicted octanol–water partition coefficient (Wildman–Crippen LogP) is 2.34. The minimum absolute atomic E-state index is 0.0823. The van der Waals surface area contributed by atoms with Gasteiger partial charge >= 0.3 is 23.5 Å². The van der Waals surface area contributed by atoms with Gasteiger partial charge in [0.1, 0.15) is 10.5 Å². The standard InChI is InChI=1S/C15H12N2O10/c1-24-9-5-4-7(6-8(9)16(20)21)12-10(14(18)25-2)11(15(19)26-3)13(27-12)17(22)23/h4-6H,1-3H3. The van der Waals surface area contributed by atoms with E-state index in [1.54, 1.807) is 0 Å². The minimum Gasteiger partial charge on any atom is -0.490 e. The van der Waals surface area contributed by atoms with Crippen LogP contribution in [0.2, 0.25) is 0 Å². The Bertz CT molecular complexity index is 946. The molecule has 0 spiro atoms. The van der Waals surface area contributed by atoms with E-state index in [-0.39, 0.29) is 11.3 Å². The van der Waals surface area contributed by atoms with Crippen LogP contribution in [0, 0.1) is 20.2 Å². The maximum atomic E-state index is 12.2. The zero-order valence-electron chi connectivity index (χ0n) is 14.2. The smallest absolute Gasteiger partial charge is 0.449 e. The van der Waals surface area contributed by atoms with Crippen molar-refractivity contribution in [1.29, 1.82) is 0 Å². The molecule has 0 N–H and O–H groups in total. The van der Waals surface area contributed by atoms with Crippen LogP contribution >= 0.6 is 0 Å². The summed E-state index contributed by atoms with van der Waals surface area (Å²) in [7, 11) is 3.16. The van der Waals surface area contributed by atoms with Crippen molar-refractivity contribution in [1.82, 2.24) is 0 Å². The van der Waals surface area contributed by atoms with Crippen LogP contribution < -0.4 is 4.74 Å². The number of methoxy groups -OCH3 is 3. The maximum absolute atomic E-state index is 12.2. The molecule has 12 heteroatoms. The molecule has 0 fully saturated rings. The molecular formula is C15H12N2O10. The lowest BCUT2D eigenvalue weighted by Crippen LogP contribution is -2.11. The molecule has 27 heavy (non-hydrogen) atoms. The highest BCUT2D eigenvalue weighted by Gasteiger charge is 2.39. The third kappa shape index (κ3) is 3.40. The summed E-state index contributed by atoms with van der Waals surface area (Å²) in [5.41, 5.74) is -1.91. The van der Waals surface area contributed by atoms with Gasteiger partial charge in [0.25, 0.3) is 0 Å². The van der Waals surface area contributed by atoms with Crippen molar-refractivity contribution in [3.05, 3.63) is 49.6 Å². The predicted molar refractivity (Wildman–Crippen MR) is 86.7 cm³/mol. The van der Waals surface area contributed by atoms with Gasteiger partial charge in [-0.25, -0.2) is 9.59 Å². The van der Waals surface area contributed by atoms with Crippen molar-refractivity contribution in [2.24, 2.45) is 0 Å². The molecule has 12 nitrogen and oxygen atoms in total. The molecule has 0 bridgehead atoms. The molecule has 0 radical (unpaired) electrons. The molecule has 1 aromatic carbocycles. The Morgan fingerprint density at radius 3 is 2.04 bits per heavy atom. The van der Waals surface area contributed by atoms with Gasteiger partial charge < -0.3 is 18.6 Å². The number of rotatable bonds is 6. The van der Waals surface area contributed by atoms with Gasteiger partial charge in [0.2, 0.25) is 0 Å². The van der Waals surface area contributed by atoms with E-state index in [4.69, 9.17) is 9.15 Å². The van der Waals surface area contributed by atoms with Crippen LogP contribution in [0.25, 0.3) is 11.3 Å². The highest BCUT2D eigenvalue weighted by atomic mass is 16.7. The van der Waals surface area contributed by atoms with Gasteiger partial charge in [0.15, 0.2) is 17.1 Å². The SMILES string of the molecule is COC(=O)c1c(-c2ccc(OC)c([N+](=O)[O-])c2)oc([N+](=O)[O-])c1C(=O)OC. The summed E-state index contributed by atoms with van der Waals surface area (Å²) < 4.78 is 19.0. The molecule has 142 valence electrons. The Morgan fingerprint density at radius 1 is 0.963 bits per heavy atom. The monoisotopic (exact) mass is 380 g/mol. The first kappa shape index (κ1) is 19.4. The van der Waals surface area contributed by atoms with Gasteiger partial charge in [-0.2, -0.15) is 0 Å². The van der Waals surface area contributed by atoms with Gasteiger partial charge in [0, 0.05) is 11.6 Å². The lowest BCUT2D eigenvalue weighted by Gasteiger charge is -2.05. The van der Waals surface area contributed by atoms with Gasteiger partial charge in [0.05, 0.1) is 26.3 Å². The molecule has 0 atom stereocenters. The largest absolute Gasteiger partial charge is 0.490 e. The van der Waals surface area contributed by atoms with Crippen LogP contribution in [0.5, 0.6) is 5.75 Å². The van der Waals surface area contributed by atoms with Gasteiger partial charge in [-0.3, -0.25) is 20.2 Å². The Morgan fingerprint density at radius 2 is 1.56 bits per heavy atom. The van der Waals surface area contributed by atoms with Crippen molar-refractivity contribution in [2.75, 3.05) is 21.3 Å².